The van der Waals surface area contributed by atoms with Gasteiger partial charge in [-0.3, -0.25) is 0 Å². The molecule has 0 atom stereocenters. The number of rotatable bonds is 0. The van der Waals surface area contributed by atoms with Crippen LogP contribution in [0.5, 0.6) is 0 Å². The van der Waals surface area contributed by atoms with Gasteiger partial charge in [-0.2, -0.15) is 26.3 Å². The Bertz CT molecular complexity index is 331. The molecule has 10 heteroatoms. The third kappa shape index (κ3) is 0.980. The standard InChI is InChI=1S/C3F6O3S/c4-1(5)2(6,7)13(10,11)3(8,9)12-1. The molecule has 0 aromatic rings. The first kappa shape index (κ1) is 10.6. The van der Waals surface area contributed by atoms with E-state index < -0.39 is 26.6 Å². The molecule has 0 N–H and O–H groups in total. The maximum absolute atomic E-state index is 12.1. The molecule has 13 heavy (non-hydrogen) atoms. The Morgan fingerprint density at radius 1 is 0.923 bits per heavy atom. The van der Waals surface area contributed by atoms with Gasteiger partial charge in [-0.1, -0.05) is 0 Å². The quantitative estimate of drug-likeness (QED) is 0.586. The van der Waals surface area contributed by atoms with E-state index in [0.717, 1.165) is 0 Å². The molecule has 0 aromatic heterocycles. The molecule has 3 nitrogen and oxygen atoms in total. The first-order valence-corrected chi connectivity index (χ1v) is 4.02. The number of alkyl halides is 6. The van der Waals surface area contributed by atoms with Gasteiger partial charge in [-0.25, -0.2) is 13.2 Å². The summed E-state index contributed by atoms with van der Waals surface area (Å²) in [5.41, 5.74) is -5.57. The topological polar surface area (TPSA) is 43.4 Å². The van der Waals surface area contributed by atoms with Gasteiger partial charge in [-0.15, -0.1) is 0 Å². The SMILES string of the molecule is O=S1(=O)C(F)(F)OC(F)(F)C1(F)F. The van der Waals surface area contributed by atoms with Crippen LogP contribution in [0.3, 0.4) is 0 Å². The Balaban J connectivity index is 3.43. The molecule has 1 rings (SSSR count). The first-order chi connectivity index (χ1) is 5.46. The van der Waals surface area contributed by atoms with E-state index in [9.17, 15) is 34.8 Å². The highest BCUT2D eigenvalue weighted by atomic mass is 32.2. The molecule has 0 aliphatic carbocycles. The fourth-order valence-electron chi connectivity index (χ4n) is 0.569. The maximum atomic E-state index is 12.1. The van der Waals surface area contributed by atoms with Crippen LogP contribution in [0.25, 0.3) is 0 Å². The van der Waals surface area contributed by atoms with Crippen molar-refractivity contribution in [3.8, 4) is 0 Å². The van der Waals surface area contributed by atoms with Crippen LogP contribution < -0.4 is 0 Å². The van der Waals surface area contributed by atoms with Crippen molar-refractivity contribution in [2.45, 2.75) is 16.8 Å². The lowest BCUT2D eigenvalue weighted by Gasteiger charge is -2.11. The zero-order valence-electron chi connectivity index (χ0n) is 5.40. The Hall–Kier alpha value is -0.510. The third-order valence-electron chi connectivity index (χ3n) is 1.24. The number of sulfone groups is 1. The number of halogens is 6. The van der Waals surface area contributed by atoms with E-state index in [2.05, 4.69) is 4.74 Å². The zero-order chi connectivity index (χ0) is 10.7. The van der Waals surface area contributed by atoms with Crippen LogP contribution in [-0.2, 0) is 14.6 Å². The van der Waals surface area contributed by atoms with Crippen LogP contribution in [0, 0.1) is 0 Å². The molecule has 0 bridgehead atoms. The van der Waals surface area contributed by atoms with Gasteiger partial charge in [0.05, 0.1) is 0 Å². The zero-order valence-corrected chi connectivity index (χ0v) is 6.22. The van der Waals surface area contributed by atoms with Gasteiger partial charge in [0, 0.05) is 0 Å². The predicted octanol–water partition coefficient (Wildman–Crippen LogP) is 1.17. The molecule has 0 saturated carbocycles. The highest BCUT2D eigenvalue weighted by Crippen LogP contribution is 2.54. The van der Waals surface area contributed by atoms with Crippen molar-refractivity contribution in [2.75, 3.05) is 0 Å². The molecular formula is C3F6O3S. The minimum Gasteiger partial charge on any atom is -0.236 e. The van der Waals surface area contributed by atoms with Gasteiger partial charge >= 0.3 is 26.6 Å². The Morgan fingerprint density at radius 2 is 1.31 bits per heavy atom. The van der Waals surface area contributed by atoms with Crippen LogP contribution in [0.2, 0.25) is 0 Å². The molecule has 1 aliphatic rings. The van der Waals surface area contributed by atoms with Gasteiger partial charge in [0.15, 0.2) is 0 Å². The number of ether oxygens (including phenoxy) is 1. The van der Waals surface area contributed by atoms with E-state index in [4.69, 9.17) is 0 Å². The summed E-state index contributed by atoms with van der Waals surface area (Å²) < 4.78 is 94.0. The van der Waals surface area contributed by atoms with Crippen molar-refractivity contribution in [3.63, 3.8) is 0 Å². The number of hydrogen-bond acceptors (Lipinski definition) is 3. The van der Waals surface area contributed by atoms with Crippen LogP contribution >= 0.6 is 0 Å². The Kier molecular flexibility index (Phi) is 1.71. The monoisotopic (exact) mass is 230 g/mol. The van der Waals surface area contributed by atoms with Crippen molar-refractivity contribution in [2.24, 2.45) is 0 Å². The lowest BCUT2D eigenvalue weighted by atomic mass is 10.6. The average molecular weight is 230 g/mol. The predicted molar refractivity (Wildman–Crippen MR) is 24.8 cm³/mol. The van der Waals surface area contributed by atoms with Crippen molar-refractivity contribution in [1.29, 1.82) is 0 Å². The summed E-state index contributed by atoms with van der Waals surface area (Å²) in [5.74, 6) is 0. The second-order valence-corrected chi connectivity index (χ2v) is 4.10. The molecule has 1 heterocycles. The smallest absolute Gasteiger partial charge is 0.236 e. The minimum atomic E-state index is -6.65. The van der Waals surface area contributed by atoms with Gasteiger partial charge < -0.3 is 0 Å². The van der Waals surface area contributed by atoms with E-state index in [0.29, 0.717) is 0 Å². The summed E-state index contributed by atoms with van der Waals surface area (Å²) in [6.45, 7) is 0. The van der Waals surface area contributed by atoms with E-state index in [1.165, 1.54) is 0 Å². The van der Waals surface area contributed by atoms with E-state index in [1.54, 1.807) is 0 Å². The second kappa shape index (κ2) is 2.11. The molecule has 0 unspecified atom stereocenters. The summed E-state index contributed by atoms with van der Waals surface area (Å²) in [6.07, 6.45) is -5.71. The summed E-state index contributed by atoms with van der Waals surface area (Å²) in [7, 11) is -6.65. The normalized spacial score (nSPS) is 33.1. The molecule has 0 radical (unpaired) electrons. The lowest BCUT2D eigenvalue weighted by Crippen LogP contribution is -2.41. The summed E-state index contributed by atoms with van der Waals surface area (Å²) in [6, 6.07) is 0. The summed E-state index contributed by atoms with van der Waals surface area (Å²) >= 11 is 0. The highest BCUT2D eigenvalue weighted by molar-refractivity contribution is 7.93. The second-order valence-electron chi connectivity index (χ2n) is 2.10. The van der Waals surface area contributed by atoms with Crippen molar-refractivity contribution < 1.29 is 39.5 Å². The Labute approximate surface area is 67.2 Å². The third-order valence-corrected chi connectivity index (χ3v) is 2.86. The van der Waals surface area contributed by atoms with Crippen LogP contribution in [-0.4, -0.2) is 25.2 Å². The molecule has 78 valence electrons. The lowest BCUT2D eigenvalue weighted by molar-refractivity contribution is -0.360. The summed E-state index contributed by atoms with van der Waals surface area (Å²) in [5, 5.41) is -5.91. The van der Waals surface area contributed by atoms with E-state index in [1.807, 2.05) is 0 Å². The van der Waals surface area contributed by atoms with Crippen molar-refractivity contribution in [1.82, 2.24) is 0 Å². The van der Waals surface area contributed by atoms with Crippen LogP contribution in [0.1, 0.15) is 0 Å². The molecule has 0 amide bonds. The average Bonchev–Trinajstić information content (AvgIpc) is 1.88. The van der Waals surface area contributed by atoms with Crippen molar-refractivity contribution in [3.05, 3.63) is 0 Å². The largest absolute Gasteiger partial charge is 0.473 e. The molecule has 1 fully saturated rings. The first-order valence-electron chi connectivity index (χ1n) is 2.53. The van der Waals surface area contributed by atoms with E-state index >= 15 is 0 Å². The molecule has 0 spiro atoms. The summed E-state index contributed by atoms with van der Waals surface area (Å²) in [4.78, 5) is 0. The maximum Gasteiger partial charge on any atom is 0.473 e. The van der Waals surface area contributed by atoms with Crippen LogP contribution in [0.4, 0.5) is 26.3 Å². The Morgan fingerprint density at radius 3 is 1.38 bits per heavy atom. The van der Waals surface area contributed by atoms with Gasteiger partial charge in [0.25, 0.3) is 0 Å². The minimum absolute atomic E-state index is 2.16. The molecule has 1 aliphatic heterocycles. The molecular weight excluding hydrogens is 230 g/mol. The van der Waals surface area contributed by atoms with Crippen LogP contribution in [0.15, 0.2) is 0 Å². The van der Waals surface area contributed by atoms with Gasteiger partial charge in [0.1, 0.15) is 0 Å². The number of hydrogen-bond donors (Lipinski definition) is 0. The van der Waals surface area contributed by atoms with E-state index in [-0.39, 0.29) is 0 Å². The van der Waals surface area contributed by atoms with Crippen molar-refractivity contribution >= 4 is 9.84 Å². The fraction of sp³-hybridized carbons (Fsp3) is 1.00. The fourth-order valence-corrected chi connectivity index (χ4v) is 1.44. The van der Waals surface area contributed by atoms with Gasteiger partial charge in [-0.05, 0) is 0 Å². The molecule has 0 aromatic carbocycles. The highest BCUT2D eigenvalue weighted by Gasteiger charge is 2.84. The molecule has 1 saturated heterocycles. The van der Waals surface area contributed by atoms with Gasteiger partial charge in [0.2, 0.25) is 0 Å².